The zero-order valence-corrected chi connectivity index (χ0v) is 14.8. The highest BCUT2D eigenvalue weighted by molar-refractivity contribution is 5.78. The average Bonchev–Trinajstić information content (AvgIpc) is 3.06. The van der Waals surface area contributed by atoms with Crippen molar-refractivity contribution in [3.05, 3.63) is 95.0 Å². The molecule has 0 aliphatic carbocycles. The van der Waals surface area contributed by atoms with E-state index in [0.717, 1.165) is 5.56 Å². The monoisotopic (exact) mass is 377 g/mol. The van der Waals surface area contributed by atoms with E-state index in [9.17, 15) is 9.18 Å². The molecule has 0 radical (unpaired) electrons. The molecule has 0 spiro atoms. The zero-order chi connectivity index (χ0) is 19.3. The van der Waals surface area contributed by atoms with E-state index in [1.807, 2.05) is 30.3 Å². The minimum atomic E-state index is -0.552. The van der Waals surface area contributed by atoms with Crippen LogP contribution >= 0.6 is 0 Å². The molecule has 2 heterocycles. The minimum absolute atomic E-state index is 0.0185. The van der Waals surface area contributed by atoms with Crippen LogP contribution in [0.3, 0.4) is 0 Å². The summed E-state index contributed by atoms with van der Waals surface area (Å²) < 4.78 is 25.8. The molecule has 28 heavy (non-hydrogen) atoms. The average molecular weight is 377 g/mol. The van der Waals surface area contributed by atoms with Crippen molar-refractivity contribution in [2.45, 2.75) is 13.3 Å². The number of ether oxygens (including phenoxy) is 1. The first kappa shape index (κ1) is 17.8. The van der Waals surface area contributed by atoms with Gasteiger partial charge in [-0.05, 0) is 29.3 Å². The summed E-state index contributed by atoms with van der Waals surface area (Å²) in [6.07, 6.45) is 2.96. The number of hydrogen-bond acceptors (Lipinski definition) is 5. The molecule has 6 nitrogen and oxygen atoms in total. The lowest BCUT2D eigenvalue weighted by Crippen LogP contribution is -2.04. The number of halogens is 1. The molecule has 7 heteroatoms. The molecule has 0 unspecified atom stereocenters. The van der Waals surface area contributed by atoms with Crippen molar-refractivity contribution in [1.29, 1.82) is 0 Å². The molecule has 0 fully saturated rings. The Morgan fingerprint density at radius 3 is 2.54 bits per heavy atom. The van der Waals surface area contributed by atoms with Gasteiger partial charge in [0.1, 0.15) is 17.8 Å². The molecule has 4 rings (SSSR count). The standard InChI is InChI=1S/C21H16FN3O3/c22-17-8-6-16(7-9-17)19-20(18-10-11-23-13-24-18)25(28-21(19)26)14-27-12-15-4-2-1-3-5-15/h1-11,13H,12,14H2. The largest absolute Gasteiger partial charge is 0.366 e. The van der Waals surface area contributed by atoms with Gasteiger partial charge in [0.05, 0.1) is 17.9 Å². The van der Waals surface area contributed by atoms with Crippen LogP contribution in [0.25, 0.3) is 22.5 Å². The van der Waals surface area contributed by atoms with Gasteiger partial charge in [0, 0.05) is 6.20 Å². The van der Waals surface area contributed by atoms with Crippen molar-refractivity contribution in [3.63, 3.8) is 0 Å². The third-order valence-corrected chi connectivity index (χ3v) is 4.16. The van der Waals surface area contributed by atoms with E-state index >= 15 is 0 Å². The van der Waals surface area contributed by atoms with E-state index < -0.39 is 5.63 Å². The van der Waals surface area contributed by atoms with Crippen LogP contribution in [0.1, 0.15) is 5.56 Å². The topological polar surface area (TPSA) is 70.2 Å². The van der Waals surface area contributed by atoms with Crippen LogP contribution in [0.4, 0.5) is 4.39 Å². The Kier molecular flexibility index (Phi) is 5.07. The minimum Gasteiger partial charge on any atom is -0.353 e. The van der Waals surface area contributed by atoms with Crippen LogP contribution < -0.4 is 5.63 Å². The highest BCUT2D eigenvalue weighted by Gasteiger charge is 2.21. The summed E-state index contributed by atoms with van der Waals surface area (Å²) in [5.74, 6) is -0.387. The predicted molar refractivity (Wildman–Crippen MR) is 101 cm³/mol. The Labute approximate surface area is 159 Å². The van der Waals surface area contributed by atoms with Crippen LogP contribution in [0, 0.1) is 5.82 Å². The van der Waals surface area contributed by atoms with E-state index in [1.165, 1.54) is 35.3 Å². The molecule has 0 N–H and O–H groups in total. The summed E-state index contributed by atoms with van der Waals surface area (Å²) in [4.78, 5) is 20.7. The molecular weight excluding hydrogens is 361 g/mol. The summed E-state index contributed by atoms with van der Waals surface area (Å²) >= 11 is 0. The lowest BCUT2D eigenvalue weighted by Gasteiger charge is -2.09. The van der Waals surface area contributed by atoms with Crippen LogP contribution in [0.5, 0.6) is 0 Å². The SMILES string of the molecule is O=c1on(COCc2ccccc2)c(-c2ccncn2)c1-c1ccc(F)cc1. The summed E-state index contributed by atoms with van der Waals surface area (Å²) in [6, 6.07) is 17.0. The van der Waals surface area contributed by atoms with Gasteiger partial charge in [0.15, 0.2) is 6.73 Å². The first-order valence-electron chi connectivity index (χ1n) is 8.60. The van der Waals surface area contributed by atoms with Crippen molar-refractivity contribution in [2.75, 3.05) is 0 Å². The molecule has 0 saturated heterocycles. The molecule has 0 aliphatic rings. The number of hydrogen-bond donors (Lipinski definition) is 0. The Balaban J connectivity index is 1.71. The second-order valence-electron chi connectivity index (χ2n) is 6.05. The molecule has 2 aromatic heterocycles. The molecule has 0 bridgehead atoms. The van der Waals surface area contributed by atoms with Crippen LogP contribution in [-0.4, -0.2) is 14.7 Å². The van der Waals surface area contributed by atoms with Crippen molar-refractivity contribution in [2.24, 2.45) is 0 Å². The van der Waals surface area contributed by atoms with E-state index in [1.54, 1.807) is 12.3 Å². The quantitative estimate of drug-likeness (QED) is 0.510. The van der Waals surface area contributed by atoms with Crippen LogP contribution in [0.2, 0.25) is 0 Å². The highest BCUT2D eigenvalue weighted by Crippen LogP contribution is 2.29. The highest BCUT2D eigenvalue weighted by atomic mass is 19.1. The first-order valence-corrected chi connectivity index (χ1v) is 8.60. The number of nitrogens with zero attached hydrogens (tertiary/aromatic N) is 3. The Bertz CT molecular complexity index is 1110. The third-order valence-electron chi connectivity index (χ3n) is 4.16. The van der Waals surface area contributed by atoms with Gasteiger partial charge in [-0.25, -0.2) is 19.2 Å². The lowest BCUT2D eigenvalue weighted by molar-refractivity contribution is 0.0139. The molecule has 0 saturated carbocycles. The van der Waals surface area contributed by atoms with Crippen LogP contribution in [-0.2, 0) is 18.1 Å². The first-order chi connectivity index (χ1) is 13.7. The summed E-state index contributed by atoms with van der Waals surface area (Å²) in [7, 11) is 0. The fourth-order valence-electron chi connectivity index (χ4n) is 2.88. The molecule has 0 atom stereocenters. The predicted octanol–water partition coefficient (Wildman–Crippen LogP) is 3.88. The number of aromatic nitrogens is 3. The Morgan fingerprint density at radius 2 is 1.82 bits per heavy atom. The normalized spacial score (nSPS) is 10.9. The Hall–Kier alpha value is -3.58. The lowest BCUT2D eigenvalue weighted by atomic mass is 10.0. The molecule has 0 amide bonds. The van der Waals surface area contributed by atoms with Gasteiger partial charge in [-0.2, -0.15) is 4.74 Å². The Morgan fingerprint density at radius 1 is 1.04 bits per heavy atom. The molecule has 4 aromatic rings. The number of rotatable bonds is 6. The fraction of sp³-hybridized carbons (Fsp3) is 0.0952. The van der Waals surface area contributed by atoms with E-state index in [0.29, 0.717) is 29.1 Å². The third kappa shape index (κ3) is 3.74. The maximum absolute atomic E-state index is 13.3. The van der Waals surface area contributed by atoms with Gasteiger partial charge in [0.2, 0.25) is 0 Å². The van der Waals surface area contributed by atoms with Crippen molar-refractivity contribution in [3.8, 4) is 22.5 Å². The van der Waals surface area contributed by atoms with Gasteiger partial charge < -0.3 is 9.26 Å². The van der Waals surface area contributed by atoms with Gasteiger partial charge in [-0.1, -0.05) is 42.5 Å². The van der Waals surface area contributed by atoms with Crippen molar-refractivity contribution < 1.29 is 13.7 Å². The molecule has 140 valence electrons. The van der Waals surface area contributed by atoms with Gasteiger partial charge in [-0.15, -0.1) is 0 Å². The fourth-order valence-corrected chi connectivity index (χ4v) is 2.88. The van der Waals surface area contributed by atoms with Gasteiger partial charge >= 0.3 is 5.63 Å². The number of benzene rings is 2. The molecular formula is C21H16FN3O3. The second-order valence-corrected chi connectivity index (χ2v) is 6.05. The van der Waals surface area contributed by atoms with Gasteiger partial charge in [-0.3, -0.25) is 0 Å². The molecule has 0 aliphatic heterocycles. The van der Waals surface area contributed by atoms with Crippen LogP contribution in [0.15, 0.2) is 82.5 Å². The van der Waals surface area contributed by atoms with E-state index in [2.05, 4.69) is 9.97 Å². The van der Waals surface area contributed by atoms with E-state index in [4.69, 9.17) is 9.26 Å². The molecule has 2 aromatic carbocycles. The van der Waals surface area contributed by atoms with Crippen molar-refractivity contribution >= 4 is 0 Å². The summed E-state index contributed by atoms with van der Waals surface area (Å²) in [6.45, 7) is 0.377. The van der Waals surface area contributed by atoms with E-state index in [-0.39, 0.29) is 12.5 Å². The second kappa shape index (κ2) is 7.98. The summed E-state index contributed by atoms with van der Waals surface area (Å²) in [5, 5.41) is 0. The maximum Gasteiger partial charge on any atom is 0.366 e. The smallest absolute Gasteiger partial charge is 0.353 e. The van der Waals surface area contributed by atoms with Gasteiger partial charge in [0.25, 0.3) is 0 Å². The summed E-state index contributed by atoms with van der Waals surface area (Å²) in [5.41, 5.74) is 2.23. The van der Waals surface area contributed by atoms with Crippen molar-refractivity contribution in [1.82, 2.24) is 14.7 Å². The zero-order valence-electron chi connectivity index (χ0n) is 14.8. The maximum atomic E-state index is 13.3.